The van der Waals surface area contributed by atoms with Crippen LogP contribution in [-0.4, -0.2) is 34.9 Å². The lowest BCUT2D eigenvalue weighted by Gasteiger charge is -2.14. The van der Waals surface area contributed by atoms with Crippen LogP contribution in [0.25, 0.3) is 0 Å². The van der Waals surface area contributed by atoms with Gasteiger partial charge >= 0.3 is 0 Å². The quantitative estimate of drug-likeness (QED) is 0.883. The van der Waals surface area contributed by atoms with Crippen LogP contribution in [0, 0.1) is 19.8 Å². The van der Waals surface area contributed by atoms with Crippen LogP contribution in [-0.2, 0) is 0 Å². The maximum absolute atomic E-state index is 12.3. The van der Waals surface area contributed by atoms with Crippen LogP contribution in [0.15, 0.2) is 4.42 Å². The topological polar surface area (TPSA) is 72.4 Å². The first kappa shape index (κ1) is 13.1. The van der Waals surface area contributed by atoms with Crippen molar-refractivity contribution in [1.29, 1.82) is 0 Å². The van der Waals surface area contributed by atoms with Crippen molar-refractivity contribution >= 4 is 5.91 Å². The number of aromatic nitrogens is 1. The van der Waals surface area contributed by atoms with Crippen LogP contribution in [0.3, 0.4) is 0 Å². The first-order valence-corrected chi connectivity index (χ1v) is 6.51. The number of hydrogen-bond acceptors (Lipinski definition) is 4. The van der Waals surface area contributed by atoms with Gasteiger partial charge in [0.05, 0.1) is 5.69 Å². The third-order valence-corrected chi connectivity index (χ3v) is 3.54. The molecule has 1 aliphatic heterocycles. The van der Waals surface area contributed by atoms with Crippen molar-refractivity contribution in [1.82, 2.24) is 9.88 Å². The Morgan fingerprint density at radius 1 is 1.50 bits per heavy atom. The molecule has 1 amide bonds. The predicted molar refractivity (Wildman–Crippen MR) is 68.3 cm³/mol. The molecule has 1 fully saturated rings. The zero-order valence-corrected chi connectivity index (χ0v) is 11.3. The maximum Gasteiger partial charge on any atom is 0.291 e. The van der Waals surface area contributed by atoms with Gasteiger partial charge in [-0.3, -0.25) is 4.79 Å². The van der Waals surface area contributed by atoms with E-state index < -0.39 is 0 Å². The second kappa shape index (κ2) is 5.10. The van der Waals surface area contributed by atoms with Crippen LogP contribution in [0.4, 0.5) is 0 Å². The molecule has 0 radical (unpaired) electrons. The lowest BCUT2D eigenvalue weighted by Crippen LogP contribution is -2.32. The van der Waals surface area contributed by atoms with Gasteiger partial charge in [-0.15, -0.1) is 0 Å². The fourth-order valence-corrected chi connectivity index (χ4v) is 2.61. The van der Waals surface area contributed by atoms with E-state index in [2.05, 4.69) is 11.9 Å². The van der Waals surface area contributed by atoms with Gasteiger partial charge in [0.1, 0.15) is 0 Å². The Morgan fingerprint density at radius 2 is 2.22 bits per heavy atom. The molecule has 0 saturated carbocycles. The summed E-state index contributed by atoms with van der Waals surface area (Å²) >= 11 is 0. The third kappa shape index (κ3) is 2.41. The Hall–Kier alpha value is -1.36. The van der Waals surface area contributed by atoms with Crippen LogP contribution in [0.1, 0.15) is 41.9 Å². The summed E-state index contributed by atoms with van der Waals surface area (Å²) < 4.78 is 5.38. The van der Waals surface area contributed by atoms with Crippen molar-refractivity contribution < 1.29 is 9.21 Å². The fourth-order valence-electron chi connectivity index (χ4n) is 2.61. The summed E-state index contributed by atoms with van der Waals surface area (Å²) in [6, 6.07) is 0.0817. The van der Waals surface area contributed by atoms with Crippen molar-refractivity contribution in [2.24, 2.45) is 11.7 Å². The number of carbonyl (C=O) groups excluding carboxylic acids is 1. The monoisotopic (exact) mass is 251 g/mol. The van der Waals surface area contributed by atoms with Gasteiger partial charge in [-0.05, 0) is 19.3 Å². The lowest BCUT2D eigenvalue weighted by molar-refractivity contribution is 0.0751. The van der Waals surface area contributed by atoms with Crippen LogP contribution in [0.2, 0.25) is 0 Å². The van der Waals surface area contributed by atoms with E-state index in [0.29, 0.717) is 29.8 Å². The van der Waals surface area contributed by atoms with Gasteiger partial charge in [0.15, 0.2) is 5.89 Å². The highest BCUT2D eigenvalue weighted by atomic mass is 16.4. The van der Waals surface area contributed by atoms with E-state index in [1.165, 1.54) is 0 Å². The Morgan fingerprint density at radius 3 is 2.78 bits per heavy atom. The number of hydrogen-bond donors (Lipinski definition) is 1. The molecule has 1 aromatic rings. The first-order valence-electron chi connectivity index (χ1n) is 6.51. The normalized spacial score (nSPS) is 23.7. The smallest absolute Gasteiger partial charge is 0.291 e. The number of likely N-dealkylation sites (tertiary alicyclic amines) is 1. The molecule has 1 aliphatic rings. The summed E-state index contributed by atoms with van der Waals surface area (Å²) in [6.07, 6.45) is 2.17. The van der Waals surface area contributed by atoms with Crippen molar-refractivity contribution in [3.05, 3.63) is 17.3 Å². The minimum atomic E-state index is -0.0813. The predicted octanol–water partition coefficient (Wildman–Crippen LogP) is 1.49. The minimum Gasteiger partial charge on any atom is -0.436 e. The largest absolute Gasteiger partial charge is 0.436 e. The van der Waals surface area contributed by atoms with Crippen LogP contribution in [0.5, 0.6) is 0 Å². The molecule has 2 N–H and O–H groups in total. The molecular formula is C13H21N3O2. The molecule has 0 unspecified atom stereocenters. The molecule has 5 heteroatoms. The van der Waals surface area contributed by atoms with Gasteiger partial charge in [0, 0.05) is 26.1 Å². The number of rotatable bonds is 3. The van der Waals surface area contributed by atoms with Gasteiger partial charge in [-0.25, -0.2) is 4.98 Å². The number of nitrogens with two attached hydrogens (primary N) is 1. The van der Waals surface area contributed by atoms with E-state index in [1.807, 2.05) is 0 Å². The van der Waals surface area contributed by atoms with Gasteiger partial charge in [-0.2, -0.15) is 0 Å². The molecule has 100 valence electrons. The standard InChI is InChI=1S/C13H21N3O2/c1-4-5-10-6-16(7-11(10)14)13(17)12-8(2)15-9(3)18-12/h10-11H,4-7,14H2,1-3H3/t10-,11-/m0/s1. The molecule has 2 rings (SSSR count). The second-order valence-electron chi connectivity index (χ2n) is 5.07. The minimum absolute atomic E-state index is 0.0813. The molecule has 0 spiro atoms. The number of carbonyl (C=O) groups is 1. The van der Waals surface area contributed by atoms with Gasteiger partial charge < -0.3 is 15.1 Å². The van der Waals surface area contributed by atoms with Gasteiger partial charge in [-0.1, -0.05) is 13.3 Å². The van der Waals surface area contributed by atoms with Crippen LogP contribution < -0.4 is 5.73 Å². The van der Waals surface area contributed by atoms with Crippen LogP contribution >= 0.6 is 0 Å². The fraction of sp³-hybridized carbons (Fsp3) is 0.692. The van der Waals surface area contributed by atoms with E-state index >= 15 is 0 Å². The molecule has 1 aromatic heterocycles. The highest BCUT2D eigenvalue weighted by Crippen LogP contribution is 2.23. The molecule has 1 saturated heterocycles. The van der Waals surface area contributed by atoms with E-state index in [4.69, 9.17) is 10.2 Å². The van der Waals surface area contributed by atoms with Crippen molar-refractivity contribution in [2.75, 3.05) is 13.1 Å². The Labute approximate surface area is 107 Å². The van der Waals surface area contributed by atoms with Crippen molar-refractivity contribution in [3.63, 3.8) is 0 Å². The first-order chi connectivity index (χ1) is 8.52. The molecule has 2 heterocycles. The molecule has 18 heavy (non-hydrogen) atoms. The zero-order valence-electron chi connectivity index (χ0n) is 11.3. The van der Waals surface area contributed by atoms with Gasteiger partial charge in [0.25, 0.3) is 5.91 Å². The van der Waals surface area contributed by atoms with Crippen molar-refractivity contribution in [2.45, 2.75) is 39.7 Å². The third-order valence-electron chi connectivity index (χ3n) is 3.54. The molecule has 0 aliphatic carbocycles. The average molecular weight is 251 g/mol. The summed E-state index contributed by atoms with van der Waals surface area (Å²) in [6.45, 7) is 7.03. The second-order valence-corrected chi connectivity index (χ2v) is 5.07. The number of oxazole rings is 1. The summed E-state index contributed by atoms with van der Waals surface area (Å²) in [5.41, 5.74) is 6.73. The summed E-state index contributed by atoms with van der Waals surface area (Å²) in [4.78, 5) is 18.2. The molecule has 0 bridgehead atoms. The van der Waals surface area contributed by atoms with Gasteiger partial charge in [0.2, 0.25) is 5.76 Å². The molecule has 0 aromatic carbocycles. The Bertz CT molecular complexity index is 441. The SMILES string of the molecule is CCC[C@H]1CN(C(=O)c2oc(C)nc2C)C[C@@H]1N. The molecular weight excluding hydrogens is 230 g/mol. The summed E-state index contributed by atoms with van der Waals surface area (Å²) in [7, 11) is 0. The lowest BCUT2D eigenvalue weighted by atomic mass is 9.99. The molecule has 2 atom stereocenters. The van der Waals surface area contributed by atoms with E-state index in [9.17, 15) is 4.79 Å². The van der Waals surface area contributed by atoms with E-state index in [1.54, 1.807) is 18.7 Å². The van der Waals surface area contributed by atoms with E-state index in [0.717, 1.165) is 19.4 Å². The highest BCUT2D eigenvalue weighted by Gasteiger charge is 2.34. The number of aryl methyl sites for hydroxylation is 2. The average Bonchev–Trinajstić information content (AvgIpc) is 2.83. The van der Waals surface area contributed by atoms with Crippen molar-refractivity contribution in [3.8, 4) is 0 Å². The number of nitrogens with zero attached hydrogens (tertiary/aromatic N) is 2. The maximum atomic E-state index is 12.3. The molecule has 5 nitrogen and oxygen atoms in total. The number of amides is 1. The summed E-state index contributed by atoms with van der Waals surface area (Å²) in [5, 5.41) is 0. The highest BCUT2D eigenvalue weighted by molar-refractivity contribution is 5.92. The summed E-state index contributed by atoms with van der Waals surface area (Å²) in [5.74, 6) is 1.21. The Kier molecular flexibility index (Phi) is 3.71. The zero-order chi connectivity index (χ0) is 13.3. The van der Waals surface area contributed by atoms with E-state index in [-0.39, 0.29) is 11.9 Å². The Balaban J connectivity index is 2.09.